The first-order chi connectivity index (χ1) is 11.5. The fraction of sp³-hybridized carbons (Fsp3) is 0.556. The van der Waals surface area contributed by atoms with E-state index in [1.54, 1.807) is 4.90 Å². The van der Waals surface area contributed by atoms with Gasteiger partial charge in [-0.05, 0) is 42.5 Å². The van der Waals surface area contributed by atoms with Gasteiger partial charge in [0.15, 0.2) is 0 Å². The average molecular weight is 336 g/mol. The number of piperidine rings is 1. The molecule has 6 heteroatoms. The van der Waals surface area contributed by atoms with Gasteiger partial charge in [0.1, 0.15) is 5.82 Å². The lowest BCUT2D eigenvalue weighted by Crippen LogP contribution is -2.45. The zero-order chi connectivity index (χ0) is 17.5. The third kappa shape index (κ3) is 4.77. The first kappa shape index (κ1) is 18.4. The van der Waals surface area contributed by atoms with Crippen molar-refractivity contribution in [1.82, 2.24) is 10.2 Å². The minimum atomic E-state index is -0.356. The van der Waals surface area contributed by atoms with Crippen LogP contribution in [0, 0.1) is 17.7 Å². The van der Waals surface area contributed by atoms with Crippen LogP contribution in [-0.4, -0.2) is 48.1 Å². The fourth-order valence-corrected chi connectivity index (χ4v) is 3.28. The lowest BCUT2D eigenvalue weighted by molar-refractivity contribution is -0.123. The smallest absolute Gasteiger partial charge is 0.253 e. The van der Waals surface area contributed by atoms with Crippen molar-refractivity contribution >= 4 is 11.8 Å². The summed E-state index contributed by atoms with van der Waals surface area (Å²) in [6, 6.07) is 5.60. The van der Waals surface area contributed by atoms with Crippen molar-refractivity contribution in [2.24, 2.45) is 11.8 Å². The summed E-state index contributed by atoms with van der Waals surface area (Å²) in [7, 11) is 0. The first-order valence-electron chi connectivity index (χ1n) is 8.47. The molecule has 1 heterocycles. The quantitative estimate of drug-likeness (QED) is 0.832. The molecule has 0 aromatic heterocycles. The molecular weight excluding hydrogens is 311 g/mol. The highest BCUT2D eigenvalue weighted by Gasteiger charge is 2.31. The normalized spacial score (nSPS) is 20.7. The van der Waals surface area contributed by atoms with Crippen LogP contribution in [0.2, 0.25) is 0 Å². The highest BCUT2D eigenvalue weighted by atomic mass is 19.1. The van der Waals surface area contributed by atoms with Crippen molar-refractivity contribution in [2.75, 3.05) is 26.2 Å². The molecule has 2 rings (SSSR count). The van der Waals surface area contributed by atoms with Crippen LogP contribution in [-0.2, 0) is 4.79 Å². The summed E-state index contributed by atoms with van der Waals surface area (Å²) in [6.07, 6.45) is 2.10. The van der Waals surface area contributed by atoms with Crippen LogP contribution in [0.4, 0.5) is 4.39 Å². The SMILES string of the molecule is CC[C@@H]1CN(C(=O)c2ccc(F)cc2)CC[C@H]1CC(=O)NCCO. The van der Waals surface area contributed by atoms with Gasteiger partial charge in [-0.1, -0.05) is 13.3 Å². The Morgan fingerprint density at radius 3 is 2.62 bits per heavy atom. The molecule has 1 fully saturated rings. The minimum Gasteiger partial charge on any atom is -0.395 e. The Hall–Kier alpha value is -1.95. The second kappa shape index (κ2) is 8.78. The maximum atomic E-state index is 13.0. The number of nitrogens with one attached hydrogen (secondary N) is 1. The van der Waals surface area contributed by atoms with Crippen LogP contribution in [0.5, 0.6) is 0 Å². The molecule has 5 nitrogen and oxygen atoms in total. The van der Waals surface area contributed by atoms with E-state index in [9.17, 15) is 14.0 Å². The van der Waals surface area contributed by atoms with E-state index < -0.39 is 0 Å². The van der Waals surface area contributed by atoms with E-state index >= 15 is 0 Å². The summed E-state index contributed by atoms with van der Waals surface area (Å²) < 4.78 is 13.0. The Bertz CT molecular complexity index is 562. The number of likely N-dealkylation sites (tertiary alicyclic amines) is 1. The van der Waals surface area contributed by atoms with Gasteiger partial charge in [0.05, 0.1) is 6.61 Å². The number of nitrogens with zero attached hydrogens (tertiary/aromatic N) is 1. The Balaban J connectivity index is 1.95. The number of aliphatic hydroxyl groups is 1. The molecule has 1 aromatic rings. The molecule has 2 amide bonds. The van der Waals surface area contributed by atoms with Crippen molar-refractivity contribution in [3.8, 4) is 0 Å². The Kier molecular flexibility index (Phi) is 6.73. The molecule has 2 N–H and O–H groups in total. The van der Waals surface area contributed by atoms with Gasteiger partial charge in [-0.3, -0.25) is 9.59 Å². The number of hydrogen-bond acceptors (Lipinski definition) is 3. The molecule has 1 aromatic carbocycles. The summed E-state index contributed by atoms with van der Waals surface area (Å²) in [5.74, 6) is 0.0158. The second-order valence-corrected chi connectivity index (χ2v) is 6.25. The molecular formula is C18H25FN2O3. The number of aliphatic hydroxyl groups excluding tert-OH is 1. The molecule has 1 aliphatic heterocycles. The van der Waals surface area contributed by atoms with E-state index in [2.05, 4.69) is 12.2 Å². The molecule has 0 radical (unpaired) electrons. The minimum absolute atomic E-state index is 0.0502. The molecule has 1 saturated heterocycles. The number of hydrogen-bond donors (Lipinski definition) is 2. The van der Waals surface area contributed by atoms with Crippen molar-refractivity contribution in [3.05, 3.63) is 35.6 Å². The molecule has 0 aliphatic carbocycles. The molecule has 0 unspecified atom stereocenters. The highest BCUT2D eigenvalue weighted by molar-refractivity contribution is 5.94. The predicted molar refractivity (Wildman–Crippen MR) is 88.9 cm³/mol. The number of amides is 2. The molecule has 0 spiro atoms. The van der Waals surface area contributed by atoms with E-state index in [1.165, 1.54) is 24.3 Å². The third-order valence-electron chi connectivity index (χ3n) is 4.68. The van der Waals surface area contributed by atoms with Crippen LogP contribution < -0.4 is 5.32 Å². The summed E-state index contributed by atoms with van der Waals surface area (Å²) in [4.78, 5) is 26.2. The van der Waals surface area contributed by atoms with Crippen LogP contribution in [0.1, 0.15) is 36.5 Å². The molecule has 24 heavy (non-hydrogen) atoms. The molecule has 132 valence electrons. The zero-order valence-electron chi connectivity index (χ0n) is 14.0. The lowest BCUT2D eigenvalue weighted by Gasteiger charge is -2.38. The van der Waals surface area contributed by atoms with Gasteiger partial charge in [0, 0.05) is 31.6 Å². The van der Waals surface area contributed by atoms with E-state index in [1.807, 2.05) is 0 Å². The van der Waals surface area contributed by atoms with E-state index in [0.29, 0.717) is 25.1 Å². The van der Waals surface area contributed by atoms with Crippen molar-refractivity contribution < 1.29 is 19.1 Å². The molecule has 2 atom stereocenters. The molecule has 0 saturated carbocycles. The zero-order valence-corrected chi connectivity index (χ0v) is 14.0. The van der Waals surface area contributed by atoms with Gasteiger partial charge in [0.25, 0.3) is 5.91 Å². The van der Waals surface area contributed by atoms with Gasteiger partial charge in [-0.15, -0.1) is 0 Å². The van der Waals surface area contributed by atoms with Crippen LogP contribution in [0.25, 0.3) is 0 Å². The Morgan fingerprint density at radius 1 is 1.29 bits per heavy atom. The maximum absolute atomic E-state index is 13.0. The third-order valence-corrected chi connectivity index (χ3v) is 4.68. The van der Waals surface area contributed by atoms with Crippen molar-refractivity contribution in [3.63, 3.8) is 0 Å². The van der Waals surface area contributed by atoms with Gasteiger partial charge in [-0.25, -0.2) is 4.39 Å². The number of rotatable bonds is 6. The van der Waals surface area contributed by atoms with E-state index in [4.69, 9.17) is 5.11 Å². The maximum Gasteiger partial charge on any atom is 0.253 e. The largest absolute Gasteiger partial charge is 0.395 e. The standard InChI is InChI=1S/C18H25FN2O3/c1-2-13-12-21(18(24)14-3-5-16(19)6-4-14)9-7-15(13)11-17(23)20-8-10-22/h3-6,13,15,22H,2,7-12H2,1H3,(H,20,23)/t13-,15+/m1/s1. The number of halogens is 1. The summed E-state index contributed by atoms with van der Waals surface area (Å²) in [5, 5.41) is 11.4. The van der Waals surface area contributed by atoms with Crippen LogP contribution in [0.3, 0.4) is 0 Å². The van der Waals surface area contributed by atoms with Crippen molar-refractivity contribution in [1.29, 1.82) is 0 Å². The predicted octanol–water partition coefficient (Wildman–Crippen LogP) is 1.81. The monoisotopic (exact) mass is 336 g/mol. The van der Waals surface area contributed by atoms with E-state index in [-0.39, 0.29) is 42.6 Å². The number of benzene rings is 1. The summed E-state index contributed by atoms with van der Waals surface area (Å²) in [6.45, 7) is 3.50. The topological polar surface area (TPSA) is 69.6 Å². The van der Waals surface area contributed by atoms with Crippen LogP contribution >= 0.6 is 0 Å². The lowest BCUT2D eigenvalue weighted by atomic mass is 9.81. The average Bonchev–Trinajstić information content (AvgIpc) is 2.60. The van der Waals surface area contributed by atoms with Crippen molar-refractivity contribution in [2.45, 2.75) is 26.2 Å². The van der Waals surface area contributed by atoms with Gasteiger partial charge in [-0.2, -0.15) is 0 Å². The van der Waals surface area contributed by atoms with Gasteiger partial charge >= 0.3 is 0 Å². The van der Waals surface area contributed by atoms with Gasteiger partial charge < -0.3 is 15.3 Å². The van der Waals surface area contributed by atoms with Crippen LogP contribution in [0.15, 0.2) is 24.3 Å². The number of carbonyl (C=O) groups excluding carboxylic acids is 2. The fourth-order valence-electron chi connectivity index (χ4n) is 3.28. The first-order valence-corrected chi connectivity index (χ1v) is 8.47. The molecule has 0 bridgehead atoms. The Morgan fingerprint density at radius 2 is 2.00 bits per heavy atom. The summed E-state index contributed by atoms with van der Waals surface area (Å²) in [5.41, 5.74) is 0.491. The van der Waals surface area contributed by atoms with Gasteiger partial charge in [0.2, 0.25) is 5.91 Å². The van der Waals surface area contributed by atoms with E-state index in [0.717, 1.165) is 12.8 Å². The molecule has 1 aliphatic rings. The second-order valence-electron chi connectivity index (χ2n) is 6.25. The number of carbonyl (C=O) groups is 2. The highest BCUT2D eigenvalue weighted by Crippen LogP contribution is 2.29. The Labute approximate surface area is 141 Å². The summed E-state index contributed by atoms with van der Waals surface area (Å²) >= 11 is 0.